The van der Waals surface area contributed by atoms with Crippen molar-refractivity contribution in [1.82, 2.24) is 30.4 Å². The first-order chi connectivity index (χ1) is 13.1. The summed E-state index contributed by atoms with van der Waals surface area (Å²) in [5.74, 6) is 1.40. The van der Waals surface area contributed by atoms with Crippen molar-refractivity contribution in [2.45, 2.75) is 39.7 Å². The van der Waals surface area contributed by atoms with Gasteiger partial charge >= 0.3 is 0 Å². The van der Waals surface area contributed by atoms with Gasteiger partial charge in [0.2, 0.25) is 11.7 Å². The van der Waals surface area contributed by atoms with Crippen molar-refractivity contribution in [2.24, 2.45) is 11.8 Å². The number of carbonyl (C=O) groups excluding carboxylic acids is 1. The molecule has 0 radical (unpaired) electrons. The Morgan fingerprint density at radius 1 is 1.22 bits per heavy atom. The molecule has 0 saturated carbocycles. The van der Waals surface area contributed by atoms with E-state index in [1.54, 1.807) is 0 Å². The molecule has 2 aromatic rings. The summed E-state index contributed by atoms with van der Waals surface area (Å²) in [4.78, 5) is 16.7. The van der Waals surface area contributed by atoms with Crippen LogP contribution < -0.4 is 5.32 Å². The van der Waals surface area contributed by atoms with Gasteiger partial charge in [0, 0.05) is 18.7 Å². The number of rotatable bonds is 7. The van der Waals surface area contributed by atoms with Crippen molar-refractivity contribution >= 4 is 5.91 Å². The van der Waals surface area contributed by atoms with Gasteiger partial charge in [0.05, 0.1) is 0 Å². The average molecular weight is 371 g/mol. The zero-order chi connectivity index (χ0) is 19.2. The van der Waals surface area contributed by atoms with Gasteiger partial charge < -0.3 is 10.2 Å². The first-order valence-corrected chi connectivity index (χ1v) is 9.94. The summed E-state index contributed by atoms with van der Waals surface area (Å²) in [6.45, 7) is 9.84. The van der Waals surface area contributed by atoms with Crippen LogP contribution in [-0.4, -0.2) is 57.2 Å². The molecule has 146 valence electrons. The van der Waals surface area contributed by atoms with Gasteiger partial charge in [-0.15, -0.1) is 10.2 Å². The number of aromatic nitrogens is 4. The highest BCUT2D eigenvalue weighted by molar-refractivity contribution is 5.80. The maximum atomic E-state index is 13.2. The molecular weight excluding hydrogens is 340 g/mol. The molecular formula is C20H30N6O. The molecule has 7 nitrogen and oxygen atoms in total. The molecule has 3 rings (SSSR count). The molecule has 0 bridgehead atoms. The van der Waals surface area contributed by atoms with Crippen molar-refractivity contribution in [3.8, 4) is 11.4 Å². The highest BCUT2D eigenvalue weighted by Gasteiger charge is 2.33. The van der Waals surface area contributed by atoms with Crippen molar-refractivity contribution in [3.05, 3.63) is 30.3 Å². The van der Waals surface area contributed by atoms with E-state index in [0.29, 0.717) is 11.7 Å². The van der Waals surface area contributed by atoms with E-state index < -0.39 is 6.04 Å². The Balaban J connectivity index is 1.69. The predicted molar refractivity (Wildman–Crippen MR) is 105 cm³/mol. The zero-order valence-corrected chi connectivity index (χ0v) is 16.5. The molecule has 27 heavy (non-hydrogen) atoms. The van der Waals surface area contributed by atoms with Crippen LogP contribution >= 0.6 is 0 Å². The standard InChI is InChI=1S/C20H30N6O/c1-4-21-14-16-10-12-25(13-11-16)20(27)18(15(2)3)26-23-19(22-24-26)17-8-6-5-7-9-17/h5-9,15-16,18,21H,4,10-14H2,1-3H3. The average Bonchev–Trinajstić information content (AvgIpc) is 3.17. The van der Waals surface area contributed by atoms with Crippen molar-refractivity contribution < 1.29 is 4.79 Å². The third-order valence-electron chi connectivity index (χ3n) is 5.20. The van der Waals surface area contributed by atoms with E-state index in [-0.39, 0.29) is 11.8 Å². The molecule has 7 heteroatoms. The molecule has 1 aromatic heterocycles. The van der Waals surface area contributed by atoms with Crippen LogP contribution in [0.1, 0.15) is 39.7 Å². The SMILES string of the molecule is CCNCC1CCN(C(=O)C(C(C)C)n2nnc(-c3ccccc3)n2)CC1. The number of tetrazole rings is 1. The summed E-state index contributed by atoms with van der Waals surface area (Å²) in [7, 11) is 0. The van der Waals surface area contributed by atoms with Crippen molar-refractivity contribution in [2.75, 3.05) is 26.2 Å². The number of likely N-dealkylation sites (tertiary alicyclic amines) is 1. The molecule has 0 aliphatic carbocycles. The minimum absolute atomic E-state index is 0.0924. The predicted octanol–water partition coefficient (Wildman–Crippen LogP) is 2.39. The van der Waals surface area contributed by atoms with Gasteiger partial charge in [-0.2, -0.15) is 4.80 Å². The molecule has 1 aliphatic rings. The Morgan fingerprint density at radius 2 is 1.93 bits per heavy atom. The maximum Gasteiger partial charge on any atom is 0.249 e. The van der Waals surface area contributed by atoms with Crippen LogP contribution in [0.25, 0.3) is 11.4 Å². The van der Waals surface area contributed by atoms with Crippen LogP contribution in [0.2, 0.25) is 0 Å². The fourth-order valence-electron chi connectivity index (χ4n) is 3.59. The number of piperidine rings is 1. The summed E-state index contributed by atoms with van der Waals surface area (Å²) in [5, 5.41) is 16.3. The third kappa shape index (κ3) is 4.71. The minimum atomic E-state index is -0.416. The van der Waals surface area contributed by atoms with Crippen LogP contribution in [0.5, 0.6) is 0 Å². The molecule has 1 aromatic carbocycles. The minimum Gasteiger partial charge on any atom is -0.341 e. The van der Waals surface area contributed by atoms with E-state index in [1.807, 2.05) is 49.1 Å². The second-order valence-corrected chi connectivity index (χ2v) is 7.56. The molecule has 1 fully saturated rings. The molecule has 1 aliphatic heterocycles. The summed E-state index contributed by atoms with van der Waals surface area (Å²) < 4.78 is 0. The molecule has 1 unspecified atom stereocenters. The molecule has 0 spiro atoms. The molecule has 2 heterocycles. The zero-order valence-electron chi connectivity index (χ0n) is 16.5. The van der Waals surface area contributed by atoms with E-state index in [4.69, 9.17) is 0 Å². The normalized spacial score (nSPS) is 16.7. The lowest BCUT2D eigenvalue weighted by atomic mass is 9.95. The number of carbonyl (C=O) groups is 1. The van der Waals surface area contributed by atoms with Gasteiger partial charge in [0.1, 0.15) is 0 Å². The highest BCUT2D eigenvalue weighted by Crippen LogP contribution is 2.24. The second kappa shape index (κ2) is 9.08. The third-order valence-corrected chi connectivity index (χ3v) is 5.20. The summed E-state index contributed by atoms with van der Waals surface area (Å²) >= 11 is 0. The summed E-state index contributed by atoms with van der Waals surface area (Å²) in [6.07, 6.45) is 2.09. The Bertz CT molecular complexity index is 721. The first kappa shape index (κ1) is 19.5. The van der Waals surface area contributed by atoms with Gasteiger partial charge in [0.25, 0.3) is 0 Å². The quantitative estimate of drug-likeness (QED) is 0.810. The van der Waals surface area contributed by atoms with Gasteiger partial charge in [0.15, 0.2) is 6.04 Å². The maximum absolute atomic E-state index is 13.2. The van der Waals surface area contributed by atoms with Gasteiger partial charge in [-0.3, -0.25) is 4.79 Å². The first-order valence-electron chi connectivity index (χ1n) is 9.94. The number of nitrogens with one attached hydrogen (secondary N) is 1. The van der Waals surface area contributed by atoms with Gasteiger partial charge in [-0.1, -0.05) is 51.1 Å². The van der Waals surface area contributed by atoms with Crippen LogP contribution in [0, 0.1) is 11.8 Å². The highest BCUT2D eigenvalue weighted by atomic mass is 16.2. The largest absolute Gasteiger partial charge is 0.341 e. The fourth-order valence-corrected chi connectivity index (χ4v) is 3.59. The number of benzene rings is 1. The Hall–Kier alpha value is -2.28. The molecule has 1 saturated heterocycles. The molecule has 1 amide bonds. The number of amides is 1. The smallest absolute Gasteiger partial charge is 0.249 e. The Labute approximate surface area is 161 Å². The Kier molecular flexibility index (Phi) is 6.55. The fraction of sp³-hybridized carbons (Fsp3) is 0.600. The lowest BCUT2D eigenvalue weighted by Crippen LogP contribution is -2.45. The second-order valence-electron chi connectivity index (χ2n) is 7.56. The summed E-state index contributed by atoms with van der Waals surface area (Å²) in [6, 6.07) is 9.32. The topological polar surface area (TPSA) is 75.9 Å². The van der Waals surface area contributed by atoms with E-state index in [0.717, 1.165) is 44.6 Å². The van der Waals surface area contributed by atoms with E-state index >= 15 is 0 Å². The Morgan fingerprint density at radius 3 is 2.56 bits per heavy atom. The van der Waals surface area contributed by atoms with E-state index in [9.17, 15) is 4.79 Å². The van der Waals surface area contributed by atoms with E-state index in [2.05, 4.69) is 27.7 Å². The van der Waals surface area contributed by atoms with Gasteiger partial charge in [-0.05, 0) is 43.0 Å². The number of nitrogens with zero attached hydrogens (tertiary/aromatic N) is 5. The van der Waals surface area contributed by atoms with Crippen LogP contribution in [0.15, 0.2) is 30.3 Å². The van der Waals surface area contributed by atoms with Crippen molar-refractivity contribution in [1.29, 1.82) is 0 Å². The summed E-state index contributed by atoms with van der Waals surface area (Å²) in [5.41, 5.74) is 0.906. The monoisotopic (exact) mass is 370 g/mol. The van der Waals surface area contributed by atoms with Crippen molar-refractivity contribution in [3.63, 3.8) is 0 Å². The molecule has 1 atom stereocenters. The number of hydrogen-bond acceptors (Lipinski definition) is 5. The van der Waals surface area contributed by atoms with Crippen LogP contribution in [0.4, 0.5) is 0 Å². The van der Waals surface area contributed by atoms with E-state index in [1.165, 1.54) is 4.80 Å². The number of hydrogen-bond donors (Lipinski definition) is 1. The van der Waals surface area contributed by atoms with Gasteiger partial charge in [-0.25, -0.2) is 0 Å². The van der Waals surface area contributed by atoms with Crippen LogP contribution in [-0.2, 0) is 4.79 Å². The molecule has 1 N–H and O–H groups in total. The lowest BCUT2D eigenvalue weighted by molar-refractivity contribution is -0.138. The van der Waals surface area contributed by atoms with Crippen LogP contribution in [0.3, 0.4) is 0 Å². The lowest BCUT2D eigenvalue weighted by Gasteiger charge is -2.34.